The maximum absolute atomic E-state index is 14.8. The molecule has 1 aliphatic carbocycles. The van der Waals surface area contributed by atoms with Gasteiger partial charge >= 0.3 is 12.1 Å². The molecule has 3 N–H and O–H groups in total. The number of fused-ring (bicyclic) bond motifs is 1. The van der Waals surface area contributed by atoms with Crippen LogP contribution in [0.5, 0.6) is 0 Å². The normalized spacial score (nSPS) is 23.6. The Labute approximate surface area is 307 Å². The van der Waals surface area contributed by atoms with Gasteiger partial charge in [0.1, 0.15) is 17.7 Å². The number of aryl methyl sites for hydroxylation is 2. The lowest BCUT2D eigenvalue weighted by atomic mass is 9.66. The SMILES string of the molecule is Cc1nc2cc(S(=O)(=O)N(C)c3ccc([C@@H]4C[C@@](O)(OC[C@H]5COCCO5)C[C@H](C(=O)Nc5ccc(C(F)(F)F)cc5F)[C@H]4C(=O)O)cc3)ccc2n1C. The highest BCUT2D eigenvalue weighted by molar-refractivity contribution is 7.92. The molecule has 18 heteroatoms. The number of hydrogen-bond acceptors (Lipinski definition) is 9. The van der Waals surface area contributed by atoms with Gasteiger partial charge in [0, 0.05) is 32.9 Å². The molecule has 54 heavy (non-hydrogen) atoms. The molecule has 1 aromatic heterocycles. The number of alkyl halides is 3. The molecule has 4 aromatic rings. The summed E-state index contributed by atoms with van der Waals surface area (Å²) in [6, 6.07) is 11.9. The lowest BCUT2D eigenvalue weighted by molar-refractivity contribution is -0.256. The highest BCUT2D eigenvalue weighted by Gasteiger charge is 2.52. The summed E-state index contributed by atoms with van der Waals surface area (Å²) >= 11 is 0. The number of nitrogens with zero attached hydrogens (tertiary/aromatic N) is 3. The molecular weight excluding hydrogens is 740 g/mol. The van der Waals surface area contributed by atoms with Gasteiger partial charge in [0.15, 0.2) is 5.79 Å². The number of ether oxygens (including phenoxy) is 3. The number of nitrogens with one attached hydrogen (secondary N) is 1. The lowest BCUT2D eigenvalue weighted by Crippen LogP contribution is -2.52. The van der Waals surface area contributed by atoms with Gasteiger partial charge in [-0.15, -0.1) is 0 Å². The van der Waals surface area contributed by atoms with Crippen LogP contribution in [0.15, 0.2) is 65.6 Å². The number of carboxylic acids is 1. The number of hydrogen-bond donors (Lipinski definition) is 3. The number of halogens is 4. The molecule has 2 aliphatic rings. The Morgan fingerprint density at radius 1 is 1.09 bits per heavy atom. The number of sulfonamides is 1. The molecular formula is C36H38F4N4O9S. The van der Waals surface area contributed by atoms with Crippen molar-refractivity contribution in [2.75, 3.05) is 43.1 Å². The number of aliphatic carboxylic acids is 1. The van der Waals surface area contributed by atoms with Crippen molar-refractivity contribution in [2.24, 2.45) is 18.9 Å². The summed E-state index contributed by atoms with van der Waals surface area (Å²) < 4.78 is 101. The van der Waals surface area contributed by atoms with Crippen molar-refractivity contribution in [3.8, 4) is 0 Å². The van der Waals surface area contributed by atoms with Crippen molar-refractivity contribution in [2.45, 2.75) is 48.6 Å². The summed E-state index contributed by atoms with van der Waals surface area (Å²) in [6.45, 7) is 2.39. The molecule has 5 atom stereocenters. The first kappa shape index (κ1) is 39.1. The number of carbonyl (C=O) groups excluding carboxylic acids is 1. The number of benzene rings is 3. The average Bonchev–Trinajstić information content (AvgIpc) is 3.42. The third-order valence-corrected chi connectivity index (χ3v) is 11.7. The van der Waals surface area contributed by atoms with Crippen LogP contribution in [-0.4, -0.2) is 85.4 Å². The fourth-order valence-electron chi connectivity index (χ4n) is 6.94. The molecule has 3 aromatic carbocycles. The van der Waals surface area contributed by atoms with Crippen molar-refractivity contribution in [3.63, 3.8) is 0 Å². The van der Waals surface area contributed by atoms with E-state index in [1.807, 2.05) is 11.6 Å². The van der Waals surface area contributed by atoms with Crippen molar-refractivity contribution in [1.29, 1.82) is 0 Å². The highest BCUT2D eigenvalue weighted by Crippen LogP contribution is 2.48. The minimum Gasteiger partial charge on any atom is -0.481 e. The van der Waals surface area contributed by atoms with Crippen molar-refractivity contribution >= 4 is 44.3 Å². The number of aliphatic hydroxyl groups is 1. The Bertz CT molecular complexity index is 2160. The summed E-state index contributed by atoms with van der Waals surface area (Å²) in [6.07, 6.45) is -6.32. The van der Waals surface area contributed by atoms with Gasteiger partial charge in [-0.3, -0.25) is 13.9 Å². The molecule has 2 heterocycles. The summed E-state index contributed by atoms with van der Waals surface area (Å²) in [5.74, 6) is -9.58. The first-order valence-corrected chi connectivity index (χ1v) is 18.3. The molecule has 2 fully saturated rings. The van der Waals surface area contributed by atoms with E-state index in [-0.39, 0.29) is 42.9 Å². The van der Waals surface area contributed by atoms with Gasteiger partial charge in [0.05, 0.1) is 71.1 Å². The Morgan fingerprint density at radius 2 is 1.81 bits per heavy atom. The minimum atomic E-state index is -4.85. The predicted octanol–water partition coefficient (Wildman–Crippen LogP) is 4.82. The van der Waals surface area contributed by atoms with Gasteiger partial charge < -0.3 is 34.3 Å². The Balaban J connectivity index is 1.30. The lowest BCUT2D eigenvalue weighted by Gasteiger charge is -2.44. The quantitative estimate of drug-likeness (QED) is 0.150. The third kappa shape index (κ3) is 7.93. The van der Waals surface area contributed by atoms with Crippen LogP contribution in [0.4, 0.5) is 28.9 Å². The van der Waals surface area contributed by atoms with Crippen LogP contribution in [0.3, 0.4) is 0 Å². The van der Waals surface area contributed by atoms with Gasteiger partial charge in [-0.1, -0.05) is 12.1 Å². The minimum absolute atomic E-state index is 0.00852. The van der Waals surface area contributed by atoms with E-state index in [9.17, 15) is 45.8 Å². The summed E-state index contributed by atoms with van der Waals surface area (Å²) in [5, 5.41) is 24.5. The summed E-state index contributed by atoms with van der Waals surface area (Å²) in [5.41, 5.74) is -0.149. The predicted molar refractivity (Wildman–Crippen MR) is 186 cm³/mol. The fraction of sp³-hybridized carbons (Fsp3) is 0.417. The van der Waals surface area contributed by atoms with Crippen LogP contribution in [0, 0.1) is 24.6 Å². The number of carboxylic acid groups (broad SMARTS) is 1. The van der Waals surface area contributed by atoms with Gasteiger partial charge in [-0.2, -0.15) is 13.2 Å². The average molecular weight is 779 g/mol. The second-order valence-corrected chi connectivity index (χ2v) is 15.4. The van der Waals surface area contributed by atoms with Crippen LogP contribution in [-0.2, 0) is 47.0 Å². The Kier molecular flexibility index (Phi) is 10.8. The molecule has 290 valence electrons. The molecule has 6 rings (SSSR count). The van der Waals surface area contributed by atoms with Crippen LogP contribution in [0.25, 0.3) is 11.0 Å². The number of aromatic nitrogens is 2. The van der Waals surface area contributed by atoms with Crippen LogP contribution < -0.4 is 9.62 Å². The molecule has 1 amide bonds. The number of imidazole rings is 1. The van der Waals surface area contributed by atoms with Crippen LogP contribution in [0.2, 0.25) is 0 Å². The van der Waals surface area contributed by atoms with Crippen molar-refractivity contribution in [1.82, 2.24) is 9.55 Å². The summed E-state index contributed by atoms with van der Waals surface area (Å²) in [7, 11) is -0.924. The number of rotatable bonds is 10. The van der Waals surface area contributed by atoms with Crippen LogP contribution in [0.1, 0.15) is 35.7 Å². The molecule has 1 saturated carbocycles. The van der Waals surface area contributed by atoms with E-state index >= 15 is 0 Å². The zero-order valence-corrected chi connectivity index (χ0v) is 30.2. The van der Waals surface area contributed by atoms with E-state index in [2.05, 4.69) is 10.3 Å². The number of amides is 1. The largest absolute Gasteiger partial charge is 0.481 e. The molecule has 0 unspecified atom stereocenters. The van der Waals surface area contributed by atoms with Gasteiger partial charge in [-0.25, -0.2) is 17.8 Å². The second kappa shape index (κ2) is 14.9. The maximum atomic E-state index is 14.8. The smallest absolute Gasteiger partial charge is 0.416 e. The van der Waals surface area contributed by atoms with E-state index < -0.39 is 81.2 Å². The van der Waals surface area contributed by atoms with Gasteiger partial charge in [-0.05, 0) is 61.0 Å². The molecule has 0 spiro atoms. The zero-order valence-electron chi connectivity index (χ0n) is 29.3. The fourth-order valence-corrected chi connectivity index (χ4v) is 8.15. The number of anilines is 2. The maximum Gasteiger partial charge on any atom is 0.416 e. The van der Waals surface area contributed by atoms with E-state index in [0.717, 1.165) is 9.82 Å². The van der Waals surface area contributed by atoms with Crippen molar-refractivity contribution in [3.05, 3.63) is 83.4 Å². The highest BCUT2D eigenvalue weighted by atomic mass is 32.2. The third-order valence-electron chi connectivity index (χ3n) is 9.96. The topological polar surface area (TPSA) is 170 Å². The molecule has 1 aliphatic heterocycles. The van der Waals surface area contributed by atoms with E-state index in [1.165, 1.54) is 43.4 Å². The molecule has 1 saturated heterocycles. The number of carbonyl (C=O) groups is 2. The summed E-state index contributed by atoms with van der Waals surface area (Å²) in [4.78, 5) is 31.0. The molecule has 13 nitrogen and oxygen atoms in total. The second-order valence-electron chi connectivity index (χ2n) is 13.4. The zero-order chi connectivity index (χ0) is 39.2. The molecule has 0 bridgehead atoms. The van der Waals surface area contributed by atoms with Crippen LogP contribution >= 0.6 is 0 Å². The monoisotopic (exact) mass is 778 g/mol. The van der Waals surface area contributed by atoms with E-state index in [0.29, 0.717) is 35.6 Å². The first-order valence-electron chi connectivity index (χ1n) is 16.9. The van der Waals surface area contributed by atoms with E-state index in [4.69, 9.17) is 14.2 Å². The first-order chi connectivity index (χ1) is 25.4. The van der Waals surface area contributed by atoms with Gasteiger partial charge in [0.25, 0.3) is 10.0 Å². The van der Waals surface area contributed by atoms with Crippen molar-refractivity contribution < 1.29 is 60.0 Å². The van der Waals surface area contributed by atoms with Gasteiger partial charge in [0.2, 0.25) is 5.91 Å². The Hall–Kier alpha value is -4.62. The van der Waals surface area contributed by atoms with E-state index in [1.54, 1.807) is 13.0 Å². The Morgan fingerprint density at radius 3 is 2.44 bits per heavy atom. The molecule has 0 radical (unpaired) electrons. The standard InChI is InChI=1S/C36H38F4N4O9S/c1-20-41-30-15-25(9-11-31(30)43(20)2)54(49,50)44(3)23-7-4-21(5-8-23)26-16-35(48,53-19-24-18-51-12-13-52-24)17-27(32(26)34(46)47)33(45)42-29-10-6-22(14-28(29)37)36(38,39)40/h4-11,14-15,24,26-27,32,48H,12-13,16-19H2,1-3H3,(H,42,45)(H,46,47)/t24-,26+,27+,32+,35-/m1/s1.